The van der Waals surface area contributed by atoms with Gasteiger partial charge >= 0.3 is 0 Å². The first-order chi connectivity index (χ1) is 8.91. The van der Waals surface area contributed by atoms with E-state index in [1.165, 1.54) is 0 Å². The molecule has 1 unspecified atom stereocenters. The molecule has 1 saturated heterocycles. The molecular weight excluding hydrogens is 262 g/mol. The largest absolute Gasteiger partial charge is 0.387 e. The summed E-state index contributed by atoms with van der Waals surface area (Å²) in [5, 5.41) is 0. The Morgan fingerprint density at radius 3 is 2.47 bits per heavy atom. The van der Waals surface area contributed by atoms with Gasteiger partial charge in [0, 0.05) is 12.6 Å². The van der Waals surface area contributed by atoms with E-state index >= 15 is 0 Å². The van der Waals surface area contributed by atoms with Crippen LogP contribution in [0.5, 0.6) is 0 Å². The SMILES string of the molecule is CC(N)=Nc1ccc(S(=O)(=O)N2CCCC2C)cc1. The Morgan fingerprint density at radius 2 is 2.00 bits per heavy atom. The average molecular weight is 281 g/mol. The molecular formula is C13H19N3O2S. The minimum Gasteiger partial charge on any atom is -0.387 e. The third-order valence-electron chi connectivity index (χ3n) is 3.24. The maximum absolute atomic E-state index is 12.4. The van der Waals surface area contributed by atoms with E-state index in [-0.39, 0.29) is 6.04 Å². The summed E-state index contributed by atoms with van der Waals surface area (Å²) in [7, 11) is -3.38. The van der Waals surface area contributed by atoms with Gasteiger partial charge in [0.05, 0.1) is 16.4 Å². The molecule has 0 saturated carbocycles. The molecule has 6 heteroatoms. The van der Waals surface area contributed by atoms with E-state index in [0.717, 1.165) is 12.8 Å². The zero-order valence-electron chi connectivity index (χ0n) is 11.2. The van der Waals surface area contributed by atoms with Crippen LogP contribution in [0.2, 0.25) is 0 Å². The quantitative estimate of drug-likeness (QED) is 0.679. The second kappa shape index (κ2) is 5.30. The lowest BCUT2D eigenvalue weighted by atomic mass is 10.3. The van der Waals surface area contributed by atoms with Gasteiger partial charge in [-0.3, -0.25) is 0 Å². The van der Waals surface area contributed by atoms with Crippen molar-refractivity contribution in [2.24, 2.45) is 10.7 Å². The van der Waals surface area contributed by atoms with Gasteiger partial charge in [-0.15, -0.1) is 0 Å². The normalized spacial score (nSPS) is 21.8. The molecule has 1 atom stereocenters. The summed E-state index contributed by atoms with van der Waals surface area (Å²) in [5.41, 5.74) is 6.15. The molecule has 1 aliphatic heterocycles. The number of amidine groups is 1. The first-order valence-electron chi connectivity index (χ1n) is 6.34. The second-order valence-corrected chi connectivity index (χ2v) is 6.74. The second-order valence-electron chi connectivity index (χ2n) is 4.85. The summed E-state index contributed by atoms with van der Waals surface area (Å²) >= 11 is 0. The Kier molecular flexibility index (Phi) is 3.91. The lowest BCUT2D eigenvalue weighted by Crippen LogP contribution is -2.33. The fourth-order valence-corrected chi connectivity index (χ4v) is 4.00. The molecule has 0 spiro atoms. The summed E-state index contributed by atoms with van der Waals surface area (Å²) < 4.78 is 26.5. The van der Waals surface area contributed by atoms with E-state index in [1.54, 1.807) is 35.5 Å². The number of sulfonamides is 1. The summed E-state index contributed by atoms with van der Waals surface area (Å²) in [5.74, 6) is 0.448. The third kappa shape index (κ3) is 2.96. The van der Waals surface area contributed by atoms with Crippen molar-refractivity contribution in [2.45, 2.75) is 37.6 Å². The van der Waals surface area contributed by atoms with E-state index in [1.807, 2.05) is 6.92 Å². The first kappa shape index (κ1) is 14.0. The maximum Gasteiger partial charge on any atom is 0.243 e. The van der Waals surface area contributed by atoms with Crippen molar-refractivity contribution in [3.63, 3.8) is 0 Å². The average Bonchev–Trinajstić information content (AvgIpc) is 2.76. The third-order valence-corrected chi connectivity index (χ3v) is 5.27. The van der Waals surface area contributed by atoms with Crippen LogP contribution >= 0.6 is 0 Å². The molecule has 1 aromatic rings. The highest BCUT2D eigenvalue weighted by Crippen LogP contribution is 2.26. The number of aliphatic imine (C=N–C) groups is 1. The van der Waals surface area contributed by atoms with Gasteiger partial charge in [-0.25, -0.2) is 13.4 Å². The topological polar surface area (TPSA) is 75.8 Å². The van der Waals surface area contributed by atoms with Crippen LogP contribution in [0.25, 0.3) is 0 Å². The highest BCUT2D eigenvalue weighted by molar-refractivity contribution is 7.89. The van der Waals surface area contributed by atoms with Crippen molar-refractivity contribution in [3.8, 4) is 0 Å². The maximum atomic E-state index is 12.4. The first-order valence-corrected chi connectivity index (χ1v) is 7.78. The molecule has 0 radical (unpaired) electrons. The molecule has 0 bridgehead atoms. The van der Waals surface area contributed by atoms with Crippen molar-refractivity contribution in [1.82, 2.24) is 4.31 Å². The van der Waals surface area contributed by atoms with Crippen molar-refractivity contribution in [1.29, 1.82) is 0 Å². The highest BCUT2D eigenvalue weighted by atomic mass is 32.2. The Morgan fingerprint density at radius 1 is 1.37 bits per heavy atom. The molecule has 104 valence electrons. The van der Waals surface area contributed by atoms with E-state index in [2.05, 4.69) is 4.99 Å². The van der Waals surface area contributed by atoms with Crippen LogP contribution < -0.4 is 5.73 Å². The Balaban J connectivity index is 2.29. The number of hydrogen-bond acceptors (Lipinski definition) is 3. The van der Waals surface area contributed by atoms with E-state index in [0.29, 0.717) is 23.0 Å². The number of hydrogen-bond donors (Lipinski definition) is 1. The van der Waals surface area contributed by atoms with Gasteiger partial charge in [0.15, 0.2) is 0 Å². The minimum absolute atomic E-state index is 0.0778. The highest BCUT2D eigenvalue weighted by Gasteiger charge is 2.32. The molecule has 2 N–H and O–H groups in total. The van der Waals surface area contributed by atoms with Crippen molar-refractivity contribution >= 4 is 21.5 Å². The van der Waals surface area contributed by atoms with Crippen molar-refractivity contribution < 1.29 is 8.42 Å². The van der Waals surface area contributed by atoms with Gasteiger partial charge in [0.25, 0.3) is 0 Å². The molecule has 0 amide bonds. The van der Waals surface area contributed by atoms with Gasteiger partial charge in [-0.05, 0) is 51.0 Å². The zero-order chi connectivity index (χ0) is 14.0. The molecule has 5 nitrogen and oxygen atoms in total. The van der Waals surface area contributed by atoms with Crippen LogP contribution in [0, 0.1) is 0 Å². The summed E-state index contributed by atoms with van der Waals surface area (Å²) in [6, 6.07) is 6.59. The molecule has 19 heavy (non-hydrogen) atoms. The zero-order valence-corrected chi connectivity index (χ0v) is 12.0. The number of benzene rings is 1. The lowest BCUT2D eigenvalue weighted by molar-refractivity contribution is 0.408. The van der Waals surface area contributed by atoms with Crippen LogP contribution in [-0.2, 0) is 10.0 Å². The summed E-state index contributed by atoms with van der Waals surface area (Å²) in [6.45, 7) is 4.24. The molecule has 1 aromatic carbocycles. The van der Waals surface area contributed by atoms with Gasteiger partial charge in [-0.1, -0.05) is 0 Å². The monoisotopic (exact) mass is 281 g/mol. The molecule has 0 aliphatic carbocycles. The van der Waals surface area contributed by atoms with E-state index < -0.39 is 10.0 Å². The Labute approximate surface area is 114 Å². The van der Waals surface area contributed by atoms with E-state index in [4.69, 9.17) is 5.73 Å². The van der Waals surface area contributed by atoms with Crippen LogP contribution in [0.4, 0.5) is 5.69 Å². The van der Waals surface area contributed by atoms with Gasteiger partial charge in [0.2, 0.25) is 10.0 Å². The minimum atomic E-state index is -3.38. The van der Waals surface area contributed by atoms with Crippen LogP contribution in [-0.4, -0.2) is 31.1 Å². The molecule has 2 rings (SSSR count). The number of nitrogens with two attached hydrogens (primary N) is 1. The van der Waals surface area contributed by atoms with Gasteiger partial charge in [-0.2, -0.15) is 4.31 Å². The van der Waals surface area contributed by atoms with Crippen LogP contribution in [0.1, 0.15) is 26.7 Å². The van der Waals surface area contributed by atoms with Gasteiger partial charge < -0.3 is 5.73 Å². The fraction of sp³-hybridized carbons (Fsp3) is 0.462. The Bertz CT molecular complexity index is 574. The standard InChI is InChI=1S/C13H19N3O2S/c1-10-4-3-9-16(10)19(17,18)13-7-5-12(6-8-13)15-11(2)14/h5-8,10H,3-4,9H2,1-2H3,(H2,14,15). The predicted molar refractivity (Wildman–Crippen MR) is 76.0 cm³/mol. The van der Waals surface area contributed by atoms with Crippen molar-refractivity contribution in [2.75, 3.05) is 6.54 Å². The molecule has 1 heterocycles. The summed E-state index contributed by atoms with van der Waals surface area (Å²) in [6.07, 6.45) is 1.85. The molecule has 1 fully saturated rings. The lowest BCUT2D eigenvalue weighted by Gasteiger charge is -2.20. The van der Waals surface area contributed by atoms with Gasteiger partial charge in [0.1, 0.15) is 0 Å². The smallest absolute Gasteiger partial charge is 0.243 e. The van der Waals surface area contributed by atoms with E-state index in [9.17, 15) is 8.42 Å². The predicted octanol–water partition coefficient (Wildman–Crippen LogP) is 1.87. The van der Waals surface area contributed by atoms with Crippen molar-refractivity contribution in [3.05, 3.63) is 24.3 Å². The Hall–Kier alpha value is -1.40. The van der Waals surface area contributed by atoms with Crippen LogP contribution in [0.3, 0.4) is 0 Å². The van der Waals surface area contributed by atoms with Crippen LogP contribution in [0.15, 0.2) is 34.2 Å². The molecule has 0 aromatic heterocycles. The molecule has 1 aliphatic rings. The summed E-state index contributed by atoms with van der Waals surface area (Å²) in [4.78, 5) is 4.40. The fourth-order valence-electron chi connectivity index (χ4n) is 2.30. The number of nitrogens with zero attached hydrogens (tertiary/aromatic N) is 2. The number of rotatable bonds is 3.